The molecule has 3 heterocycles. The highest BCUT2D eigenvalue weighted by atomic mass is 16.5. The Morgan fingerprint density at radius 2 is 2.28 bits per heavy atom. The molecule has 1 saturated heterocycles. The minimum absolute atomic E-state index is 0.0763. The summed E-state index contributed by atoms with van der Waals surface area (Å²) >= 11 is 0. The number of nitriles is 1. The van der Waals surface area contributed by atoms with E-state index in [1.165, 1.54) is 19.5 Å². The highest BCUT2D eigenvalue weighted by molar-refractivity contribution is 5.61. The maximum absolute atomic E-state index is 8.75. The van der Waals surface area contributed by atoms with E-state index in [0.29, 0.717) is 36.4 Å². The number of hydrogen-bond donors (Lipinski definition) is 3. The smallest absolute Gasteiger partial charge is 0.256 e. The summed E-state index contributed by atoms with van der Waals surface area (Å²) in [5.74, 6) is 1.33. The largest absolute Gasteiger partial charge is 0.478 e. The zero-order chi connectivity index (χ0) is 17.5. The van der Waals surface area contributed by atoms with Crippen molar-refractivity contribution in [2.45, 2.75) is 6.10 Å². The lowest BCUT2D eigenvalue weighted by atomic mass is 10.3. The fourth-order valence-corrected chi connectivity index (χ4v) is 2.28. The van der Waals surface area contributed by atoms with E-state index < -0.39 is 0 Å². The molecule has 2 aromatic rings. The van der Waals surface area contributed by atoms with Crippen LogP contribution >= 0.6 is 0 Å². The first-order chi connectivity index (χ1) is 12.3. The van der Waals surface area contributed by atoms with Gasteiger partial charge in [-0.15, -0.1) is 10.2 Å². The maximum atomic E-state index is 8.75. The van der Waals surface area contributed by atoms with Crippen molar-refractivity contribution in [3.8, 4) is 11.9 Å². The van der Waals surface area contributed by atoms with E-state index in [9.17, 15) is 0 Å². The Labute approximate surface area is 144 Å². The lowest BCUT2D eigenvalue weighted by molar-refractivity contribution is 0.0372. The number of aromatic nitrogens is 4. The Bertz CT molecular complexity index is 740. The zero-order valence-electron chi connectivity index (χ0n) is 13.7. The molecule has 10 heteroatoms. The molecule has 0 unspecified atom stereocenters. The summed E-state index contributed by atoms with van der Waals surface area (Å²) < 4.78 is 10.9. The number of nitrogens with zero attached hydrogens (tertiary/aromatic N) is 5. The summed E-state index contributed by atoms with van der Waals surface area (Å²) in [6.07, 6.45) is 2.91. The van der Waals surface area contributed by atoms with E-state index >= 15 is 0 Å². The van der Waals surface area contributed by atoms with Crippen LogP contribution in [0.3, 0.4) is 0 Å². The van der Waals surface area contributed by atoms with Gasteiger partial charge in [-0.2, -0.15) is 5.26 Å². The normalized spacial score (nSPS) is 16.7. The standard InChI is InChI=1S/C15H18N8O2/c1-24-15-12(19-8-11-7-17-2-3-25-11)4-13(22-23-15)21-14-9-18-10(5-16)6-20-14/h4,6,9,11,17H,2-3,7-8H2,1H3,(H2,19,20,21,22)/t11-/m0/s1. The van der Waals surface area contributed by atoms with Gasteiger partial charge in [0.1, 0.15) is 17.6 Å². The Morgan fingerprint density at radius 1 is 1.36 bits per heavy atom. The van der Waals surface area contributed by atoms with Crippen LogP contribution < -0.4 is 20.7 Å². The maximum Gasteiger partial charge on any atom is 0.256 e. The van der Waals surface area contributed by atoms with Crippen LogP contribution in [0.4, 0.5) is 17.3 Å². The summed E-state index contributed by atoms with van der Waals surface area (Å²) in [6, 6.07) is 3.68. The van der Waals surface area contributed by atoms with Crippen LogP contribution in [-0.2, 0) is 4.74 Å². The van der Waals surface area contributed by atoms with Gasteiger partial charge in [0.15, 0.2) is 11.5 Å². The van der Waals surface area contributed by atoms with Crippen LogP contribution in [0.1, 0.15) is 5.69 Å². The van der Waals surface area contributed by atoms with Crippen molar-refractivity contribution in [1.29, 1.82) is 5.26 Å². The third kappa shape index (κ3) is 4.50. The molecule has 0 bridgehead atoms. The summed E-state index contributed by atoms with van der Waals surface area (Å²) in [5, 5.41) is 26.4. The average Bonchev–Trinajstić information content (AvgIpc) is 2.68. The quantitative estimate of drug-likeness (QED) is 0.673. The van der Waals surface area contributed by atoms with Crippen LogP contribution in [0.2, 0.25) is 0 Å². The second-order valence-corrected chi connectivity index (χ2v) is 5.25. The molecule has 2 aromatic heterocycles. The summed E-state index contributed by atoms with van der Waals surface area (Å²) in [7, 11) is 1.53. The molecule has 3 rings (SSSR count). The van der Waals surface area contributed by atoms with E-state index in [2.05, 4.69) is 36.1 Å². The minimum Gasteiger partial charge on any atom is -0.478 e. The van der Waals surface area contributed by atoms with Crippen molar-refractivity contribution >= 4 is 17.3 Å². The van der Waals surface area contributed by atoms with Crippen molar-refractivity contribution in [1.82, 2.24) is 25.5 Å². The van der Waals surface area contributed by atoms with Crippen molar-refractivity contribution in [2.24, 2.45) is 0 Å². The monoisotopic (exact) mass is 342 g/mol. The van der Waals surface area contributed by atoms with Gasteiger partial charge in [0.05, 0.1) is 32.2 Å². The van der Waals surface area contributed by atoms with E-state index in [1.54, 1.807) is 6.07 Å². The fraction of sp³-hybridized carbons (Fsp3) is 0.400. The first-order valence-corrected chi connectivity index (χ1v) is 7.75. The van der Waals surface area contributed by atoms with Gasteiger partial charge >= 0.3 is 0 Å². The third-order valence-electron chi connectivity index (χ3n) is 3.50. The van der Waals surface area contributed by atoms with Crippen LogP contribution in [0.5, 0.6) is 5.88 Å². The van der Waals surface area contributed by atoms with Crippen LogP contribution in [0, 0.1) is 11.3 Å². The van der Waals surface area contributed by atoms with Crippen molar-refractivity contribution < 1.29 is 9.47 Å². The molecule has 130 valence electrons. The molecule has 1 atom stereocenters. The summed E-state index contributed by atoms with van der Waals surface area (Å²) in [4.78, 5) is 8.04. The molecule has 25 heavy (non-hydrogen) atoms. The van der Waals surface area contributed by atoms with E-state index in [0.717, 1.165) is 13.1 Å². The lowest BCUT2D eigenvalue weighted by Gasteiger charge is -2.24. The highest BCUT2D eigenvalue weighted by Crippen LogP contribution is 2.24. The molecule has 0 aromatic carbocycles. The number of morpholine rings is 1. The highest BCUT2D eigenvalue weighted by Gasteiger charge is 2.15. The van der Waals surface area contributed by atoms with Gasteiger partial charge in [-0.25, -0.2) is 9.97 Å². The molecular weight excluding hydrogens is 324 g/mol. The fourth-order valence-electron chi connectivity index (χ4n) is 2.28. The lowest BCUT2D eigenvalue weighted by Crippen LogP contribution is -2.42. The van der Waals surface area contributed by atoms with Gasteiger partial charge in [-0.05, 0) is 0 Å². The number of ether oxygens (including phenoxy) is 2. The Morgan fingerprint density at radius 3 is 2.96 bits per heavy atom. The molecule has 0 aliphatic carbocycles. The molecule has 1 fully saturated rings. The molecule has 1 aliphatic heterocycles. The minimum atomic E-state index is 0.0763. The number of hydrogen-bond acceptors (Lipinski definition) is 10. The van der Waals surface area contributed by atoms with Gasteiger partial charge in [0.25, 0.3) is 5.88 Å². The first kappa shape index (κ1) is 16.8. The number of anilines is 3. The Hall–Kier alpha value is -3.03. The predicted molar refractivity (Wildman–Crippen MR) is 89.7 cm³/mol. The average molecular weight is 342 g/mol. The first-order valence-electron chi connectivity index (χ1n) is 7.75. The van der Waals surface area contributed by atoms with Crippen molar-refractivity contribution in [3.05, 3.63) is 24.2 Å². The van der Waals surface area contributed by atoms with Gasteiger partial charge < -0.3 is 25.4 Å². The summed E-state index contributed by atoms with van der Waals surface area (Å²) in [6.45, 7) is 2.98. The molecule has 0 radical (unpaired) electrons. The van der Waals surface area contributed by atoms with E-state index in [-0.39, 0.29) is 11.8 Å². The number of methoxy groups -OCH3 is 1. The molecule has 3 N–H and O–H groups in total. The predicted octanol–water partition coefficient (Wildman–Crippen LogP) is 0.291. The van der Waals surface area contributed by atoms with Crippen LogP contribution in [0.25, 0.3) is 0 Å². The molecular formula is C15H18N8O2. The van der Waals surface area contributed by atoms with Gasteiger partial charge in [0, 0.05) is 25.7 Å². The van der Waals surface area contributed by atoms with Gasteiger partial charge in [0.2, 0.25) is 0 Å². The van der Waals surface area contributed by atoms with Gasteiger partial charge in [-0.3, -0.25) is 0 Å². The molecule has 10 nitrogen and oxygen atoms in total. The molecule has 0 amide bonds. The summed E-state index contributed by atoms with van der Waals surface area (Å²) in [5.41, 5.74) is 0.936. The number of nitrogens with one attached hydrogen (secondary N) is 3. The van der Waals surface area contributed by atoms with Crippen molar-refractivity contribution in [3.63, 3.8) is 0 Å². The van der Waals surface area contributed by atoms with Crippen molar-refractivity contribution in [2.75, 3.05) is 44.0 Å². The zero-order valence-corrected chi connectivity index (χ0v) is 13.7. The molecule has 0 saturated carbocycles. The third-order valence-corrected chi connectivity index (χ3v) is 3.50. The molecule has 1 aliphatic rings. The Balaban J connectivity index is 1.68. The van der Waals surface area contributed by atoms with E-state index in [4.69, 9.17) is 14.7 Å². The van der Waals surface area contributed by atoms with E-state index in [1.807, 2.05) is 6.07 Å². The molecule has 0 spiro atoms. The second-order valence-electron chi connectivity index (χ2n) is 5.25. The SMILES string of the molecule is COc1nnc(Nc2cnc(C#N)cn2)cc1NC[C@@H]1CNCCO1. The van der Waals surface area contributed by atoms with Crippen LogP contribution in [-0.4, -0.2) is 59.6 Å². The Kier molecular flexibility index (Phi) is 5.50. The van der Waals surface area contributed by atoms with Crippen LogP contribution in [0.15, 0.2) is 18.5 Å². The topological polar surface area (TPSA) is 130 Å². The van der Waals surface area contributed by atoms with Gasteiger partial charge in [-0.1, -0.05) is 0 Å². The number of rotatable bonds is 6. The second kappa shape index (κ2) is 8.18.